The number of piperidine rings is 1. The molecule has 0 radical (unpaired) electrons. The highest BCUT2D eigenvalue weighted by Gasteiger charge is 2.28. The Morgan fingerprint density at radius 3 is 2.48 bits per heavy atom. The van der Waals surface area contributed by atoms with E-state index in [1.54, 1.807) is 12.0 Å². The van der Waals surface area contributed by atoms with E-state index in [0.29, 0.717) is 31.5 Å². The molecule has 1 fully saturated rings. The van der Waals surface area contributed by atoms with Gasteiger partial charge in [0.25, 0.3) is 5.91 Å². The average Bonchev–Trinajstić information content (AvgIpc) is 2.72. The van der Waals surface area contributed by atoms with Crippen LogP contribution in [0.4, 0.5) is 4.39 Å². The van der Waals surface area contributed by atoms with Crippen LogP contribution in [0.2, 0.25) is 0 Å². The SMILES string of the molecule is COc1cccc(COC(=O)C2CCN(C(=O)c3ccc(F)cc3)CC2)c1. The number of ether oxygens (including phenoxy) is 2. The van der Waals surface area contributed by atoms with E-state index in [1.807, 2.05) is 24.3 Å². The Morgan fingerprint density at radius 2 is 1.81 bits per heavy atom. The Bertz CT molecular complexity index is 798. The zero-order valence-electron chi connectivity index (χ0n) is 15.2. The van der Waals surface area contributed by atoms with Crippen LogP contribution in [0.25, 0.3) is 0 Å². The van der Waals surface area contributed by atoms with Crippen LogP contribution in [-0.2, 0) is 16.1 Å². The number of methoxy groups -OCH3 is 1. The molecule has 27 heavy (non-hydrogen) atoms. The molecule has 1 aliphatic rings. The van der Waals surface area contributed by atoms with Gasteiger partial charge in [-0.15, -0.1) is 0 Å². The van der Waals surface area contributed by atoms with Crippen LogP contribution in [0.15, 0.2) is 48.5 Å². The third-order valence-electron chi connectivity index (χ3n) is 4.72. The van der Waals surface area contributed by atoms with Crippen molar-refractivity contribution in [1.82, 2.24) is 4.90 Å². The minimum atomic E-state index is -0.371. The highest BCUT2D eigenvalue weighted by Crippen LogP contribution is 2.21. The average molecular weight is 371 g/mol. The summed E-state index contributed by atoms with van der Waals surface area (Å²) < 4.78 is 23.6. The second kappa shape index (κ2) is 8.66. The number of halogens is 1. The van der Waals surface area contributed by atoms with E-state index in [1.165, 1.54) is 24.3 Å². The number of hydrogen-bond donors (Lipinski definition) is 0. The minimum absolute atomic E-state index is 0.141. The molecule has 0 spiro atoms. The van der Waals surface area contributed by atoms with Gasteiger partial charge in [-0.3, -0.25) is 9.59 Å². The first-order valence-electron chi connectivity index (χ1n) is 8.91. The van der Waals surface area contributed by atoms with E-state index < -0.39 is 0 Å². The molecule has 0 aromatic heterocycles. The first kappa shape index (κ1) is 18.9. The normalized spacial score (nSPS) is 14.7. The van der Waals surface area contributed by atoms with Crippen LogP contribution in [0, 0.1) is 11.7 Å². The molecule has 5 nitrogen and oxygen atoms in total. The smallest absolute Gasteiger partial charge is 0.309 e. The molecule has 2 aromatic rings. The fourth-order valence-corrected chi connectivity index (χ4v) is 3.13. The van der Waals surface area contributed by atoms with Crippen LogP contribution in [0.1, 0.15) is 28.8 Å². The number of nitrogens with zero attached hydrogens (tertiary/aromatic N) is 1. The topological polar surface area (TPSA) is 55.8 Å². The maximum atomic E-state index is 13.0. The van der Waals surface area contributed by atoms with E-state index in [4.69, 9.17) is 9.47 Å². The van der Waals surface area contributed by atoms with E-state index in [2.05, 4.69) is 0 Å². The highest BCUT2D eigenvalue weighted by molar-refractivity contribution is 5.94. The first-order chi connectivity index (χ1) is 13.1. The number of likely N-dealkylation sites (tertiary alicyclic amines) is 1. The standard InChI is InChI=1S/C21H22FNO4/c1-26-19-4-2-3-15(13-19)14-27-21(25)17-9-11-23(12-10-17)20(24)16-5-7-18(22)8-6-16/h2-8,13,17H,9-12,14H2,1H3. The van der Waals surface area contributed by atoms with Crippen LogP contribution >= 0.6 is 0 Å². The predicted molar refractivity (Wildman–Crippen MR) is 97.8 cm³/mol. The summed E-state index contributed by atoms with van der Waals surface area (Å²) in [5.41, 5.74) is 1.32. The van der Waals surface area contributed by atoms with E-state index >= 15 is 0 Å². The van der Waals surface area contributed by atoms with Crippen molar-refractivity contribution in [2.45, 2.75) is 19.4 Å². The summed E-state index contributed by atoms with van der Waals surface area (Å²) in [7, 11) is 1.59. The third-order valence-corrected chi connectivity index (χ3v) is 4.72. The molecular weight excluding hydrogens is 349 g/mol. The summed E-state index contributed by atoms with van der Waals surface area (Å²) >= 11 is 0. The molecule has 0 N–H and O–H groups in total. The number of carbonyl (C=O) groups is 2. The molecule has 1 saturated heterocycles. The Hall–Kier alpha value is -2.89. The summed E-state index contributed by atoms with van der Waals surface area (Å²) in [6.45, 7) is 1.16. The number of benzene rings is 2. The van der Waals surface area contributed by atoms with Crippen molar-refractivity contribution in [3.8, 4) is 5.75 Å². The molecule has 0 atom stereocenters. The van der Waals surface area contributed by atoms with E-state index in [-0.39, 0.29) is 30.2 Å². The largest absolute Gasteiger partial charge is 0.497 e. The van der Waals surface area contributed by atoms with Crippen LogP contribution < -0.4 is 4.74 Å². The Balaban J connectivity index is 1.48. The number of rotatable bonds is 5. The third kappa shape index (κ3) is 4.84. The second-order valence-electron chi connectivity index (χ2n) is 6.53. The monoisotopic (exact) mass is 371 g/mol. The van der Waals surface area contributed by atoms with Crippen molar-refractivity contribution >= 4 is 11.9 Å². The van der Waals surface area contributed by atoms with Gasteiger partial charge in [0.1, 0.15) is 18.2 Å². The van der Waals surface area contributed by atoms with Gasteiger partial charge in [0, 0.05) is 18.7 Å². The lowest BCUT2D eigenvalue weighted by atomic mass is 9.96. The first-order valence-corrected chi connectivity index (χ1v) is 8.91. The van der Waals surface area contributed by atoms with Crippen LogP contribution in [-0.4, -0.2) is 37.0 Å². The number of carbonyl (C=O) groups excluding carboxylic acids is 2. The van der Waals surface area contributed by atoms with Gasteiger partial charge in [0.2, 0.25) is 0 Å². The van der Waals surface area contributed by atoms with Crippen molar-refractivity contribution in [3.05, 3.63) is 65.5 Å². The van der Waals surface area contributed by atoms with Gasteiger partial charge in [-0.25, -0.2) is 4.39 Å². The van der Waals surface area contributed by atoms with Crippen LogP contribution in [0.3, 0.4) is 0 Å². The molecule has 0 aliphatic carbocycles. The van der Waals surface area contributed by atoms with Gasteiger partial charge >= 0.3 is 5.97 Å². The molecule has 0 saturated carbocycles. The zero-order chi connectivity index (χ0) is 19.2. The lowest BCUT2D eigenvalue weighted by Crippen LogP contribution is -2.40. The summed E-state index contributed by atoms with van der Waals surface area (Å²) in [5.74, 6) is -0.252. The second-order valence-corrected chi connectivity index (χ2v) is 6.53. The Morgan fingerprint density at radius 1 is 1.11 bits per heavy atom. The molecule has 1 aliphatic heterocycles. The van der Waals surface area contributed by atoms with Crippen molar-refractivity contribution in [2.24, 2.45) is 5.92 Å². The molecule has 1 heterocycles. The van der Waals surface area contributed by atoms with Crippen molar-refractivity contribution in [1.29, 1.82) is 0 Å². The summed E-state index contributed by atoms with van der Waals surface area (Å²) in [6.07, 6.45) is 1.12. The summed E-state index contributed by atoms with van der Waals surface area (Å²) in [4.78, 5) is 26.4. The molecule has 6 heteroatoms. The number of hydrogen-bond acceptors (Lipinski definition) is 4. The zero-order valence-corrected chi connectivity index (χ0v) is 15.2. The fraction of sp³-hybridized carbons (Fsp3) is 0.333. The van der Waals surface area contributed by atoms with Crippen molar-refractivity contribution in [3.63, 3.8) is 0 Å². The van der Waals surface area contributed by atoms with Gasteiger partial charge in [-0.2, -0.15) is 0 Å². The highest BCUT2D eigenvalue weighted by atomic mass is 19.1. The van der Waals surface area contributed by atoms with Gasteiger partial charge in [0.15, 0.2) is 0 Å². The van der Waals surface area contributed by atoms with E-state index in [0.717, 1.165) is 11.3 Å². The van der Waals surface area contributed by atoms with E-state index in [9.17, 15) is 14.0 Å². The van der Waals surface area contributed by atoms with Crippen molar-refractivity contribution in [2.75, 3.05) is 20.2 Å². The molecule has 1 amide bonds. The molecule has 142 valence electrons. The molecule has 2 aromatic carbocycles. The molecule has 3 rings (SSSR count). The van der Waals surface area contributed by atoms with Crippen LogP contribution in [0.5, 0.6) is 5.75 Å². The Labute approximate surface area is 157 Å². The summed E-state index contributed by atoms with van der Waals surface area (Å²) in [6, 6.07) is 12.9. The number of esters is 1. The van der Waals surface area contributed by atoms with Gasteiger partial charge in [0.05, 0.1) is 13.0 Å². The predicted octanol–water partition coefficient (Wildman–Crippen LogP) is 3.43. The fourth-order valence-electron chi connectivity index (χ4n) is 3.13. The Kier molecular flexibility index (Phi) is 6.06. The molecular formula is C21H22FNO4. The van der Waals surface area contributed by atoms with Gasteiger partial charge in [-0.05, 0) is 54.8 Å². The number of amides is 1. The summed E-state index contributed by atoms with van der Waals surface area (Å²) in [5, 5.41) is 0. The maximum Gasteiger partial charge on any atom is 0.309 e. The quantitative estimate of drug-likeness (QED) is 0.756. The molecule has 0 unspecified atom stereocenters. The van der Waals surface area contributed by atoms with Gasteiger partial charge in [-0.1, -0.05) is 12.1 Å². The van der Waals surface area contributed by atoms with Gasteiger partial charge < -0.3 is 14.4 Å². The lowest BCUT2D eigenvalue weighted by Gasteiger charge is -2.31. The molecule has 0 bridgehead atoms. The lowest BCUT2D eigenvalue weighted by molar-refractivity contribution is -0.151. The maximum absolute atomic E-state index is 13.0. The minimum Gasteiger partial charge on any atom is -0.497 e. The van der Waals surface area contributed by atoms with Crippen molar-refractivity contribution < 1.29 is 23.5 Å².